The summed E-state index contributed by atoms with van der Waals surface area (Å²) in [6.07, 6.45) is 0. The number of thiophene rings is 1. The number of benzene rings is 2. The number of rotatable bonds is 4. The summed E-state index contributed by atoms with van der Waals surface area (Å²) in [6, 6.07) is 15.3. The molecule has 4 aromatic rings. The van der Waals surface area contributed by atoms with Crippen molar-refractivity contribution in [3.8, 4) is 10.6 Å². The summed E-state index contributed by atoms with van der Waals surface area (Å²) in [5, 5.41) is 11.7. The van der Waals surface area contributed by atoms with Crippen molar-refractivity contribution in [1.29, 1.82) is 0 Å². The highest BCUT2D eigenvalue weighted by Crippen LogP contribution is 2.35. The molecule has 0 spiro atoms. The lowest BCUT2D eigenvalue weighted by Crippen LogP contribution is -2.41. The Kier molecular flexibility index (Phi) is 4.22. The average molecular weight is 420 g/mol. The maximum atomic E-state index is 13.3. The van der Waals surface area contributed by atoms with Crippen LogP contribution in [-0.4, -0.2) is 21.8 Å². The Morgan fingerprint density at radius 2 is 1.90 bits per heavy atom. The molecule has 1 saturated heterocycles. The quantitative estimate of drug-likeness (QED) is 0.474. The molecule has 144 valence electrons. The molecular formula is C22H17N3O2S2. The van der Waals surface area contributed by atoms with Gasteiger partial charge in [-0.15, -0.1) is 11.3 Å². The first-order chi connectivity index (χ1) is 14.1. The van der Waals surface area contributed by atoms with Gasteiger partial charge in [-0.05, 0) is 34.7 Å². The Labute approximate surface area is 175 Å². The van der Waals surface area contributed by atoms with E-state index in [1.54, 1.807) is 18.3 Å². The standard InChI is InChI=1S/C22H17N3O2S2/c1-22(18-8-4-6-14-5-2-3-7-17(14)18)20(26)25(21(27)24-22)11-16-13-29-19(23-16)15-9-10-28-12-15/h2-10,12-13H,11H2,1H3,(H,24,27). The van der Waals surface area contributed by atoms with Gasteiger partial charge in [0.05, 0.1) is 12.2 Å². The van der Waals surface area contributed by atoms with Crippen LogP contribution in [0.2, 0.25) is 0 Å². The first-order valence-electron chi connectivity index (χ1n) is 9.15. The fraction of sp³-hybridized carbons (Fsp3) is 0.136. The number of aromatic nitrogens is 1. The predicted octanol–water partition coefficient (Wildman–Crippen LogP) is 4.99. The van der Waals surface area contributed by atoms with Gasteiger partial charge < -0.3 is 5.32 Å². The van der Waals surface area contributed by atoms with Crippen LogP contribution in [0.15, 0.2) is 64.7 Å². The summed E-state index contributed by atoms with van der Waals surface area (Å²) in [5.74, 6) is -0.260. The summed E-state index contributed by atoms with van der Waals surface area (Å²) >= 11 is 3.13. The zero-order valence-electron chi connectivity index (χ0n) is 15.6. The number of nitrogens with one attached hydrogen (secondary N) is 1. The van der Waals surface area contributed by atoms with E-state index in [1.165, 1.54) is 16.2 Å². The molecule has 7 heteroatoms. The van der Waals surface area contributed by atoms with Gasteiger partial charge in [-0.25, -0.2) is 9.78 Å². The maximum Gasteiger partial charge on any atom is 0.325 e. The number of carbonyl (C=O) groups is 2. The molecule has 1 atom stereocenters. The molecule has 0 aliphatic carbocycles. The van der Waals surface area contributed by atoms with E-state index in [2.05, 4.69) is 10.3 Å². The van der Waals surface area contributed by atoms with Gasteiger partial charge in [0.15, 0.2) is 0 Å². The highest BCUT2D eigenvalue weighted by Gasteiger charge is 2.49. The Morgan fingerprint density at radius 3 is 2.72 bits per heavy atom. The Morgan fingerprint density at radius 1 is 1.07 bits per heavy atom. The maximum absolute atomic E-state index is 13.3. The van der Waals surface area contributed by atoms with E-state index in [0.29, 0.717) is 5.69 Å². The van der Waals surface area contributed by atoms with Gasteiger partial charge in [0.2, 0.25) is 0 Å². The second kappa shape index (κ2) is 6.79. The van der Waals surface area contributed by atoms with E-state index < -0.39 is 11.6 Å². The molecule has 2 aromatic carbocycles. The van der Waals surface area contributed by atoms with Crippen LogP contribution in [0.5, 0.6) is 0 Å². The smallest absolute Gasteiger partial charge is 0.319 e. The van der Waals surface area contributed by atoms with E-state index in [0.717, 1.165) is 26.9 Å². The number of imide groups is 1. The number of amides is 3. The zero-order valence-corrected chi connectivity index (χ0v) is 17.2. The van der Waals surface area contributed by atoms with E-state index in [1.807, 2.05) is 64.7 Å². The lowest BCUT2D eigenvalue weighted by Gasteiger charge is -2.24. The Hall–Kier alpha value is -3.03. The van der Waals surface area contributed by atoms with Gasteiger partial charge >= 0.3 is 6.03 Å². The monoisotopic (exact) mass is 419 g/mol. The third-order valence-corrected chi connectivity index (χ3v) is 6.87. The van der Waals surface area contributed by atoms with Crippen molar-refractivity contribution in [2.45, 2.75) is 19.0 Å². The molecule has 2 aromatic heterocycles. The van der Waals surface area contributed by atoms with Crippen molar-refractivity contribution in [3.05, 3.63) is 75.9 Å². The first kappa shape index (κ1) is 18.0. The molecule has 3 amide bonds. The largest absolute Gasteiger partial charge is 0.325 e. The number of hydrogen-bond acceptors (Lipinski definition) is 5. The molecule has 0 saturated carbocycles. The van der Waals surface area contributed by atoms with Gasteiger partial charge in [0.25, 0.3) is 5.91 Å². The summed E-state index contributed by atoms with van der Waals surface area (Å²) < 4.78 is 0. The highest BCUT2D eigenvalue weighted by atomic mass is 32.1. The molecule has 1 aliphatic heterocycles. The van der Waals surface area contributed by atoms with Gasteiger partial charge in [-0.1, -0.05) is 42.5 Å². The van der Waals surface area contributed by atoms with Crippen LogP contribution in [0, 0.1) is 0 Å². The molecule has 5 rings (SSSR count). The van der Waals surface area contributed by atoms with Crippen LogP contribution in [0.1, 0.15) is 18.2 Å². The number of fused-ring (bicyclic) bond motifs is 1. The number of carbonyl (C=O) groups excluding carboxylic acids is 2. The Balaban J connectivity index is 1.47. The van der Waals surface area contributed by atoms with Crippen LogP contribution in [0.3, 0.4) is 0 Å². The van der Waals surface area contributed by atoms with Gasteiger partial charge in [0, 0.05) is 16.3 Å². The molecule has 1 aliphatic rings. The normalized spacial score (nSPS) is 19.1. The molecule has 5 nitrogen and oxygen atoms in total. The van der Waals surface area contributed by atoms with Crippen molar-refractivity contribution >= 4 is 45.4 Å². The summed E-state index contributed by atoms with van der Waals surface area (Å²) in [7, 11) is 0. The SMILES string of the molecule is CC1(c2cccc3ccccc23)NC(=O)N(Cc2csc(-c3ccsc3)n2)C1=O. The van der Waals surface area contributed by atoms with E-state index in [-0.39, 0.29) is 12.5 Å². The van der Waals surface area contributed by atoms with Crippen LogP contribution in [0.4, 0.5) is 4.79 Å². The molecule has 0 bridgehead atoms. The number of urea groups is 1. The minimum absolute atomic E-state index is 0.158. The second-order valence-electron chi connectivity index (χ2n) is 7.13. The van der Waals surface area contributed by atoms with Gasteiger partial charge in [-0.2, -0.15) is 11.3 Å². The van der Waals surface area contributed by atoms with Crippen molar-refractivity contribution in [1.82, 2.24) is 15.2 Å². The zero-order chi connectivity index (χ0) is 20.0. The molecular weight excluding hydrogens is 402 g/mol. The fourth-order valence-corrected chi connectivity index (χ4v) is 5.27. The third-order valence-electron chi connectivity index (χ3n) is 5.24. The van der Waals surface area contributed by atoms with Gasteiger partial charge in [-0.3, -0.25) is 9.69 Å². The molecule has 1 unspecified atom stereocenters. The van der Waals surface area contributed by atoms with Crippen LogP contribution >= 0.6 is 22.7 Å². The molecule has 3 heterocycles. The van der Waals surface area contributed by atoms with E-state index in [4.69, 9.17) is 0 Å². The molecule has 1 N–H and O–H groups in total. The predicted molar refractivity (Wildman–Crippen MR) is 116 cm³/mol. The summed E-state index contributed by atoms with van der Waals surface area (Å²) in [6.45, 7) is 1.93. The highest BCUT2D eigenvalue weighted by molar-refractivity contribution is 7.14. The van der Waals surface area contributed by atoms with Crippen molar-refractivity contribution in [2.75, 3.05) is 0 Å². The van der Waals surface area contributed by atoms with Crippen LogP contribution < -0.4 is 5.32 Å². The van der Waals surface area contributed by atoms with E-state index >= 15 is 0 Å². The lowest BCUT2D eigenvalue weighted by molar-refractivity contribution is -0.131. The van der Waals surface area contributed by atoms with Crippen LogP contribution in [0.25, 0.3) is 21.3 Å². The van der Waals surface area contributed by atoms with Gasteiger partial charge in [0.1, 0.15) is 10.5 Å². The summed E-state index contributed by atoms with van der Waals surface area (Å²) in [4.78, 5) is 31.9. The topological polar surface area (TPSA) is 62.3 Å². The van der Waals surface area contributed by atoms with E-state index in [9.17, 15) is 9.59 Å². The minimum atomic E-state index is -1.11. The van der Waals surface area contributed by atoms with Crippen molar-refractivity contribution in [2.24, 2.45) is 0 Å². The first-order valence-corrected chi connectivity index (χ1v) is 11.0. The van der Waals surface area contributed by atoms with Crippen molar-refractivity contribution in [3.63, 3.8) is 0 Å². The average Bonchev–Trinajstić information content (AvgIpc) is 3.46. The lowest BCUT2D eigenvalue weighted by atomic mass is 9.88. The summed E-state index contributed by atoms with van der Waals surface area (Å²) in [5.41, 5.74) is 1.46. The molecule has 0 radical (unpaired) electrons. The molecule has 1 fully saturated rings. The molecule has 29 heavy (non-hydrogen) atoms. The van der Waals surface area contributed by atoms with Crippen molar-refractivity contribution < 1.29 is 9.59 Å². The number of nitrogens with zero attached hydrogens (tertiary/aromatic N) is 2. The third kappa shape index (κ3) is 2.94. The number of thiazole rings is 1. The Bertz CT molecular complexity index is 1230. The van der Waals surface area contributed by atoms with Crippen LogP contribution in [-0.2, 0) is 16.9 Å². The second-order valence-corrected chi connectivity index (χ2v) is 8.77. The fourth-order valence-electron chi connectivity index (χ4n) is 3.74. The minimum Gasteiger partial charge on any atom is -0.319 e. The number of hydrogen-bond donors (Lipinski definition) is 1.